The Balaban J connectivity index is 1.67. The molecule has 1 aliphatic rings. The van der Waals surface area contributed by atoms with Crippen LogP contribution in [0.15, 0.2) is 47.5 Å². The number of hydrogen-bond donors (Lipinski definition) is 1. The van der Waals surface area contributed by atoms with Gasteiger partial charge in [0.25, 0.3) is 0 Å². The molecule has 146 valence electrons. The number of amides is 2. The summed E-state index contributed by atoms with van der Waals surface area (Å²) < 4.78 is 0. The molecule has 0 spiro atoms. The Labute approximate surface area is 174 Å². The molecule has 5 nitrogen and oxygen atoms in total. The number of rotatable bonds is 5. The van der Waals surface area contributed by atoms with Crippen LogP contribution >= 0.6 is 23.4 Å². The van der Waals surface area contributed by atoms with Crippen molar-refractivity contribution in [2.45, 2.75) is 31.9 Å². The molecule has 2 amide bonds. The summed E-state index contributed by atoms with van der Waals surface area (Å²) in [4.78, 5) is 31.0. The first-order chi connectivity index (χ1) is 13.4. The standard InChI is InChI=1S/C21H22ClN3O2S/c1-4-14-5-8-16(9-6-14)23-21-25(3)20(27)18(28-21)12-19(26)24-17-10-7-15(22)11-13(17)2/h5-11,18H,4,12H2,1-3H3,(H,24,26). The highest BCUT2D eigenvalue weighted by molar-refractivity contribution is 8.15. The summed E-state index contributed by atoms with van der Waals surface area (Å²) in [5.74, 6) is -0.324. The summed E-state index contributed by atoms with van der Waals surface area (Å²) in [5.41, 5.74) is 3.60. The number of amidine groups is 1. The number of benzene rings is 2. The number of hydrogen-bond acceptors (Lipinski definition) is 4. The molecular weight excluding hydrogens is 394 g/mol. The molecule has 1 unspecified atom stereocenters. The molecule has 2 aromatic rings. The number of carbonyl (C=O) groups excluding carboxylic acids is 2. The van der Waals surface area contributed by atoms with Crippen LogP contribution in [-0.4, -0.2) is 34.2 Å². The third kappa shape index (κ3) is 4.75. The van der Waals surface area contributed by atoms with Gasteiger partial charge in [0.05, 0.1) is 5.69 Å². The van der Waals surface area contributed by atoms with Crippen LogP contribution < -0.4 is 5.32 Å². The number of carbonyl (C=O) groups is 2. The minimum Gasteiger partial charge on any atom is -0.326 e. The molecule has 0 aliphatic carbocycles. The molecule has 1 fully saturated rings. The smallest absolute Gasteiger partial charge is 0.242 e. The second kappa shape index (κ2) is 8.80. The first kappa shape index (κ1) is 20.4. The quantitative estimate of drug-likeness (QED) is 0.762. The molecule has 28 heavy (non-hydrogen) atoms. The number of thioether (sulfide) groups is 1. The molecule has 3 rings (SSSR count). The molecule has 1 saturated heterocycles. The predicted octanol–water partition coefficient (Wildman–Crippen LogP) is 4.80. The van der Waals surface area contributed by atoms with Gasteiger partial charge in [-0.05, 0) is 54.8 Å². The van der Waals surface area contributed by atoms with E-state index in [-0.39, 0.29) is 18.2 Å². The van der Waals surface area contributed by atoms with Gasteiger partial charge in [-0.3, -0.25) is 14.5 Å². The Morgan fingerprint density at radius 2 is 1.96 bits per heavy atom. The highest BCUT2D eigenvalue weighted by Gasteiger charge is 2.37. The van der Waals surface area contributed by atoms with Crippen molar-refractivity contribution in [2.75, 3.05) is 12.4 Å². The van der Waals surface area contributed by atoms with Gasteiger partial charge in [-0.2, -0.15) is 0 Å². The zero-order chi connectivity index (χ0) is 20.3. The first-order valence-electron chi connectivity index (χ1n) is 9.05. The summed E-state index contributed by atoms with van der Waals surface area (Å²) in [6.07, 6.45) is 1.05. The van der Waals surface area contributed by atoms with Gasteiger partial charge >= 0.3 is 0 Å². The van der Waals surface area contributed by atoms with E-state index in [4.69, 9.17) is 11.6 Å². The van der Waals surface area contributed by atoms with Gasteiger partial charge in [-0.1, -0.05) is 42.4 Å². The number of halogens is 1. The Bertz CT molecular complexity index is 928. The fourth-order valence-corrected chi connectivity index (χ4v) is 4.23. The molecule has 0 bridgehead atoms. The van der Waals surface area contributed by atoms with Crippen LogP contribution in [0, 0.1) is 6.92 Å². The Hall–Kier alpha value is -2.31. The molecule has 0 radical (unpaired) electrons. The lowest BCUT2D eigenvalue weighted by molar-refractivity contribution is -0.127. The van der Waals surface area contributed by atoms with Crippen LogP contribution in [-0.2, 0) is 16.0 Å². The lowest BCUT2D eigenvalue weighted by Gasteiger charge is -2.11. The van der Waals surface area contributed by atoms with Crippen molar-refractivity contribution in [3.8, 4) is 0 Å². The number of nitrogens with one attached hydrogen (secondary N) is 1. The van der Waals surface area contributed by atoms with E-state index in [1.807, 2.05) is 31.2 Å². The van der Waals surface area contributed by atoms with Crippen molar-refractivity contribution in [1.29, 1.82) is 0 Å². The van der Waals surface area contributed by atoms with Crippen LogP contribution in [0.2, 0.25) is 5.02 Å². The van der Waals surface area contributed by atoms with Crippen LogP contribution in [0.3, 0.4) is 0 Å². The minimum atomic E-state index is -0.480. The monoisotopic (exact) mass is 415 g/mol. The minimum absolute atomic E-state index is 0.0870. The Morgan fingerprint density at radius 1 is 1.25 bits per heavy atom. The van der Waals surface area contributed by atoms with Gasteiger partial charge in [-0.15, -0.1) is 0 Å². The maximum absolute atomic E-state index is 12.5. The van der Waals surface area contributed by atoms with E-state index >= 15 is 0 Å². The van der Waals surface area contributed by atoms with E-state index < -0.39 is 5.25 Å². The van der Waals surface area contributed by atoms with E-state index in [0.717, 1.165) is 17.7 Å². The van der Waals surface area contributed by atoms with E-state index in [9.17, 15) is 9.59 Å². The van der Waals surface area contributed by atoms with Crippen molar-refractivity contribution in [1.82, 2.24) is 4.90 Å². The van der Waals surface area contributed by atoms with Gasteiger partial charge in [0, 0.05) is 24.2 Å². The summed E-state index contributed by atoms with van der Waals surface area (Å²) in [7, 11) is 1.69. The Morgan fingerprint density at radius 3 is 2.61 bits per heavy atom. The summed E-state index contributed by atoms with van der Waals surface area (Å²) in [5, 5.41) is 3.60. The van der Waals surface area contributed by atoms with Crippen LogP contribution in [0.1, 0.15) is 24.5 Å². The number of aryl methyl sites for hydroxylation is 2. The Kier molecular flexibility index (Phi) is 6.42. The maximum Gasteiger partial charge on any atom is 0.242 e. The van der Waals surface area contributed by atoms with Gasteiger partial charge in [0.15, 0.2) is 5.17 Å². The van der Waals surface area contributed by atoms with E-state index in [2.05, 4.69) is 17.2 Å². The summed E-state index contributed by atoms with van der Waals surface area (Å²) >= 11 is 7.27. The van der Waals surface area contributed by atoms with E-state index in [0.29, 0.717) is 15.9 Å². The van der Waals surface area contributed by atoms with Crippen LogP contribution in [0.4, 0.5) is 11.4 Å². The summed E-state index contributed by atoms with van der Waals surface area (Å²) in [6, 6.07) is 13.2. The van der Waals surface area contributed by atoms with Gasteiger partial charge < -0.3 is 5.32 Å². The topological polar surface area (TPSA) is 61.8 Å². The van der Waals surface area contributed by atoms with Crippen molar-refractivity contribution in [3.05, 3.63) is 58.6 Å². The SMILES string of the molecule is CCc1ccc(N=C2SC(CC(=O)Nc3ccc(Cl)cc3C)C(=O)N2C)cc1. The fourth-order valence-electron chi connectivity index (χ4n) is 2.85. The molecule has 7 heteroatoms. The third-order valence-corrected chi connectivity index (χ3v) is 6.01. The van der Waals surface area contributed by atoms with Gasteiger partial charge in [-0.25, -0.2) is 4.99 Å². The second-order valence-electron chi connectivity index (χ2n) is 6.63. The normalized spacial score (nSPS) is 18.0. The van der Waals surface area contributed by atoms with E-state index in [1.54, 1.807) is 25.2 Å². The molecule has 0 aromatic heterocycles. The number of aliphatic imine (C=N–C) groups is 1. The van der Waals surface area contributed by atoms with Crippen molar-refractivity contribution < 1.29 is 9.59 Å². The third-order valence-electron chi connectivity index (χ3n) is 4.54. The molecule has 1 N–H and O–H groups in total. The van der Waals surface area contributed by atoms with Gasteiger partial charge in [0.2, 0.25) is 11.8 Å². The lowest BCUT2D eigenvalue weighted by atomic mass is 10.2. The van der Waals surface area contributed by atoms with Crippen LogP contribution in [0.25, 0.3) is 0 Å². The lowest BCUT2D eigenvalue weighted by Crippen LogP contribution is -2.30. The van der Waals surface area contributed by atoms with Crippen LogP contribution in [0.5, 0.6) is 0 Å². The number of nitrogens with zero attached hydrogens (tertiary/aromatic N) is 2. The average Bonchev–Trinajstić information content (AvgIpc) is 2.92. The largest absolute Gasteiger partial charge is 0.326 e. The first-order valence-corrected chi connectivity index (χ1v) is 10.3. The fraction of sp³-hybridized carbons (Fsp3) is 0.286. The second-order valence-corrected chi connectivity index (χ2v) is 8.24. The maximum atomic E-state index is 12.5. The highest BCUT2D eigenvalue weighted by atomic mass is 35.5. The van der Waals surface area contributed by atoms with Crippen molar-refractivity contribution in [3.63, 3.8) is 0 Å². The van der Waals surface area contributed by atoms with E-state index in [1.165, 1.54) is 22.2 Å². The number of anilines is 1. The zero-order valence-corrected chi connectivity index (χ0v) is 17.6. The molecular formula is C21H22ClN3O2S. The zero-order valence-electron chi connectivity index (χ0n) is 16.0. The average molecular weight is 416 g/mol. The summed E-state index contributed by atoms with van der Waals surface area (Å²) in [6.45, 7) is 3.97. The van der Waals surface area contributed by atoms with Crippen molar-refractivity contribution in [2.24, 2.45) is 4.99 Å². The molecule has 2 aromatic carbocycles. The van der Waals surface area contributed by atoms with Crippen molar-refractivity contribution >= 4 is 51.7 Å². The highest BCUT2D eigenvalue weighted by Crippen LogP contribution is 2.31. The molecule has 1 atom stereocenters. The molecule has 1 heterocycles. The van der Waals surface area contributed by atoms with Gasteiger partial charge in [0.1, 0.15) is 5.25 Å². The molecule has 0 saturated carbocycles. The predicted molar refractivity (Wildman–Crippen MR) is 116 cm³/mol. The molecule has 1 aliphatic heterocycles.